The number of rotatable bonds is 9. The zero-order valence-corrected chi connectivity index (χ0v) is 39.5. The number of alkyl carbamates (subject to hydrolysis) is 1. The molecular weight excluding hydrogens is 887 g/mol. The molecule has 0 unspecified atom stereocenters. The second-order valence-corrected chi connectivity index (χ2v) is 16.9. The van der Waals surface area contributed by atoms with Crippen molar-refractivity contribution in [3.05, 3.63) is 97.1 Å². The van der Waals surface area contributed by atoms with Crippen LogP contribution in [-0.4, -0.2) is 97.0 Å². The minimum absolute atomic E-state index is 0. The van der Waals surface area contributed by atoms with Crippen molar-refractivity contribution in [2.45, 2.75) is 114 Å². The van der Waals surface area contributed by atoms with Gasteiger partial charge in [-0.2, -0.15) is 0 Å². The Morgan fingerprint density at radius 3 is 1.87 bits per heavy atom. The van der Waals surface area contributed by atoms with Crippen LogP contribution in [0.5, 0.6) is 0 Å². The number of carbonyl (C=O) groups is 2. The van der Waals surface area contributed by atoms with Crippen LogP contribution in [0.3, 0.4) is 0 Å². The molecule has 0 saturated carbocycles. The van der Waals surface area contributed by atoms with E-state index >= 15 is 0 Å². The number of imidazole rings is 2. The minimum Gasteiger partial charge on any atom is -0.850 e. The van der Waals surface area contributed by atoms with E-state index < -0.39 is 36.4 Å². The number of nitrogens with zero attached hydrogens (tertiary/aromatic N) is 9. The number of nitrogen functional groups attached to an aromatic ring is 2. The molecule has 9 rings (SSSR count). The van der Waals surface area contributed by atoms with Gasteiger partial charge in [-0.1, -0.05) is 111 Å². The second kappa shape index (κ2) is 20.7. The Hall–Kier alpha value is -4.96. The number of aromatic nitrogens is 8. The van der Waals surface area contributed by atoms with Crippen LogP contribution >= 0.6 is 15.9 Å². The molecule has 4 aromatic heterocycles. The summed E-state index contributed by atoms with van der Waals surface area (Å²) >= 11 is 3.64. The second-order valence-electron chi connectivity index (χ2n) is 15.8. The smallest absolute Gasteiger partial charge is 0.850 e. The quantitative estimate of drug-likeness (QED) is 0.139. The Balaban J connectivity index is 0.000000212. The summed E-state index contributed by atoms with van der Waals surface area (Å²) in [5.41, 5.74) is 15.1. The molecule has 0 radical (unpaired) electrons. The average molecular weight is 940 g/mol. The molecule has 8 atom stereocenters. The fraction of sp³-hybridized carbons (Fsp3) is 0.429. The number of nitrogens with two attached hydrogens (primary N) is 2. The van der Waals surface area contributed by atoms with Crippen molar-refractivity contribution >= 4 is 62.1 Å². The van der Waals surface area contributed by atoms with Gasteiger partial charge in [0.1, 0.15) is 29.7 Å². The van der Waals surface area contributed by atoms with Crippen molar-refractivity contribution in [1.29, 1.82) is 0 Å². The van der Waals surface area contributed by atoms with Crippen LogP contribution in [0.2, 0.25) is 0 Å². The zero-order chi connectivity index (χ0) is 44.1. The van der Waals surface area contributed by atoms with Gasteiger partial charge in [0.25, 0.3) is 0 Å². The number of alkyl halides is 1. The molecule has 2 aromatic carbocycles. The number of benzene rings is 2. The van der Waals surface area contributed by atoms with Gasteiger partial charge in [-0.25, -0.2) is 39.5 Å². The molecule has 3 fully saturated rings. The van der Waals surface area contributed by atoms with Gasteiger partial charge in [0.2, 0.25) is 0 Å². The minimum atomic E-state index is -0.750. The number of fused-ring (bicyclic) bond motifs is 3. The summed E-state index contributed by atoms with van der Waals surface area (Å²) in [6, 6.07) is 19.3. The molecule has 5 N–H and O–H groups in total. The van der Waals surface area contributed by atoms with Crippen LogP contribution in [0.4, 0.5) is 21.2 Å². The summed E-state index contributed by atoms with van der Waals surface area (Å²) in [5, 5.41) is 12.9. The van der Waals surface area contributed by atoms with Crippen LogP contribution < -0.4 is 51.4 Å². The summed E-state index contributed by atoms with van der Waals surface area (Å²) in [5.74, 6) is 0.590. The van der Waals surface area contributed by atoms with Gasteiger partial charge in [0.15, 0.2) is 47.6 Å². The Morgan fingerprint density at radius 2 is 1.33 bits per heavy atom. The number of nitrogens with one attached hydrogen (secondary N) is 1. The molecule has 2 amide bonds. The van der Waals surface area contributed by atoms with E-state index in [1.54, 1.807) is 47.5 Å². The van der Waals surface area contributed by atoms with Crippen LogP contribution in [-0.2, 0) is 32.0 Å². The Labute approximate surface area is 396 Å². The zero-order valence-electron chi connectivity index (χ0n) is 35.9. The van der Waals surface area contributed by atoms with Gasteiger partial charge < -0.3 is 40.8 Å². The van der Waals surface area contributed by atoms with E-state index in [0.29, 0.717) is 41.2 Å². The third-order valence-corrected chi connectivity index (χ3v) is 11.4. The molecule has 7 heterocycles. The number of hydrogen-bond donors (Lipinski definition) is 3. The molecule has 3 saturated heterocycles. The van der Waals surface area contributed by atoms with E-state index in [1.165, 1.54) is 12.7 Å². The van der Waals surface area contributed by atoms with Crippen LogP contribution in [0.1, 0.15) is 72.5 Å². The summed E-state index contributed by atoms with van der Waals surface area (Å²) in [6.07, 6.45) is 4.19. The molecule has 0 aliphatic carbocycles. The molecule has 21 heteroatoms. The van der Waals surface area contributed by atoms with Crippen LogP contribution in [0.15, 0.2) is 86.0 Å². The largest absolute Gasteiger partial charge is 1.00 e. The number of ether oxygens (including phenoxy) is 4. The van der Waals surface area contributed by atoms with E-state index in [1.807, 2.05) is 74.5 Å². The fourth-order valence-electron chi connectivity index (χ4n) is 7.46. The first-order valence-corrected chi connectivity index (χ1v) is 21.2. The summed E-state index contributed by atoms with van der Waals surface area (Å²) in [7, 11) is 0. The third-order valence-electron chi connectivity index (χ3n) is 10.3. The number of hydrogen-bond acceptors (Lipinski definition) is 15. The normalized spacial score (nSPS) is 23.8. The van der Waals surface area contributed by atoms with E-state index in [4.69, 9.17) is 30.4 Å². The molecule has 0 bridgehead atoms. The monoisotopic (exact) mass is 938 g/mol. The van der Waals surface area contributed by atoms with Gasteiger partial charge in [0, 0.05) is 14.5 Å². The molecule has 63 heavy (non-hydrogen) atoms. The van der Waals surface area contributed by atoms with Crippen molar-refractivity contribution in [1.82, 2.24) is 49.3 Å². The molecule has 3 aliphatic heterocycles. The third kappa shape index (κ3) is 10.9. The van der Waals surface area contributed by atoms with E-state index in [-0.39, 0.29) is 66.0 Å². The number of carbonyl (C=O) groups excluding carboxylic acids is 2. The van der Waals surface area contributed by atoms with Crippen LogP contribution in [0, 0.1) is 0 Å². The predicted octanol–water partition coefficient (Wildman–Crippen LogP) is 2.28. The van der Waals surface area contributed by atoms with Crippen molar-refractivity contribution in [2.24, 2.45) is 0 Å². The maximum atomic E-state index is 12.7. The van der Waals surface area contributed by atoms with Gasteiger partial charge in [-0.3, -0.25) is 14.0 Å². The van der Waals surface area contributed by atoms with E-state index in [2.05, 4.69) is 51.2 Å². The first kappa shape index (κ1) is 47.5. The first-order valence-electron chi connectivity index (χ1n) is 20.3. The molecule has 6 aromatic rings. The van der Waals surface area contributed by atoms with Crippen molar-refractivity contribution in [2.75, 3.05) is 11.5 Å². The van der Waals surface area contributed by atoms with Gasteiger partial charge in [-0.05, 0) is 24.0 Å². The van der Waals surface area contributed by atoms with Gasteiger partial charge in [-0.15, -0.1) is 5.60 Å². The van der Waals surface area contributed by atoms with E-state index in [0.717, 1.165) is 24.0 Å². The summed E-state index contributed by atoms with van der Waals surface area (Å²) < 4.78 is 27.5. The molecular formula is C42H52BrN12NaO7. The summed E-state index contributed by atoms with van der Waals surface area (Å²) in [6.45, 7) is 9.81. The SMILES string of the molecule is CC(C)(C)[O-].CC[C@H]1O[C@@H](n2cnc3c(N)ncnc32)[C@@H]2OC(=O)N(Cc3ccccc3)[C@@H]21.CC[C@H]1O[C@@H](n2cnc3c(N)ncnc32)[C@H](OC(=O)NCc2ccccc2)[C@H]1Br.[HH].[Na+]. The Bertz CT molecular complexity index is 2460. The van der Waals surface area contributed by atoms with Gasteiger partial charge >= 0.3 is 41.7 Å². The maximum Gasteiger partial charge on any atom is 1.00 e. The Kier molecular flexibility index (Phi) is 15.6. The summed E-state index contributed by atoms with van der Waals surface area (Å²) in [4.78, 5) is 51.8. The fourth-order valence-corrected chi connectivity index (χ4v) is 8.32. The average Bonchev–Trinajstić information content (AvgIpc) is 4.08. The number of anilines is 2. The first-order chi connectivity index (χ1) is 29.7. The Morgan fingerprint density at radius 1 is 0.825 bits per heavy atom. The van der Waals surface area contributed by atoms with Gasteiger partial charge in [0.05, 0.1) is 29.7 Å². The standard InChI is InChI=1S/C19H21BrN6O3.C19H20N6O3.C4H9O.Na.H2/c1-2-12-13(20)15(29-19(27)22-8-11-6-4-3-5-7-11)18(28-12)26-10-25-14-16(21)23-9-24-17(14)26;1-2-12-14-15(28-19(26)24(14)8-11-6-4-3-5-7-11)18(27-12)25-10-23-13-16(20)21-9-22-17(13)25;1-4(2,3)5;;/h3-7,9-10,12-13,15,18H,2,8H2,1H3,(H,22,27)(H2,21,23,24);3-7,9-10,12,14-15,18H,2,8H2,1H3,(H2,20,21,22);1-3H3;;1H/q;;-1;+1;/t12-,13+,15-,18-;12-,14-,15-,18-;;;/m11.../s1. The van der Waals surface area contributed by atoms with Crippen molar-refractivity contribution in [3.63, 3.8) is 0 Å². The number of halogens is 1. The maximum absolute atomic E-state index is 12.7. The van der Waals surface area contributed by atoms with Crippen molar-refractivity contribution < 1.29 is 64.6 Å². The molecule has 330 valence electrons. The molecule has 0 spiro atoms. The molecule has 19 nitrogen and oxygen atoms in total. The predicted molar refractivity (Wildman–Crippen MR) is 232 cm³/mol. The number of amides is 2. The molecule has 3 aliphatic rings. The van der Waals surface area contributed by atoms with Crippen LogP contribution in [0.25, 0.3) is 22.3 Å². The topological polar surface area (TPSA) is 249 Å². The van der Waals surface area contributed by atoms with Crippen molar-refractivity contribution in [3.8, 4) is 0 Å². The van der Waals surface area contributed by atoms with E-state index in [9.17, 15) is 14.7 Å².